The summed E-state index contributed by atoms with van der Waals surface area (Å²) in [7, 11) is 0. The quantitative estimate of drug-likeness (QED) is 0.714. The molecule has 3 rings (SSSR count). The van der Waals surface area contributed by atoms with E-state index < -0.39 is 0 Å². The first-order valence-electron chi connectivity index (χ1n) is 7.62. The summed E-state index contributed by atoms with van der Waals surface area (Å²) in [5, 5.41) is 0. The van der Waals surface area contributed by atoms with E-state index in [1.807, 2.05) is 6.08 Å². The maximum absolute atomic E-state index is 12.7. The molecule has 104 valence electrons. The molecule has 3 aliphatic heterocycles. The van der Waals surface area contributed by atoms with Crippen molar-refractivity contribution in [3.8, 4) is 0 Å². The van der Waals surface area contributed by atoms with Gasteiger partial charge in [0.05, 0.1) is 11.5 Å². The largest absolute Gasteiger partial charge is 0.333 e. The van der Waals surface area contributed by atoms with Crippen molar-refractivity contribution in [2.45, 2.75) is 63.5 Å². The number of Topliss-reactive ketones (excluding diaryl/α,β-unsaturated/α-hetero) is 1. The standard InChI is InChI=1S/C16H23NO2/c1-3-5-8-16-9-7-13-11(6-4-2)15(19)12(16)10-14(18)17(13)16/h4,11-13H,2-3,5-10H2,1H3/t11-,12-,13-,16+/m0/s1. The fourth-order valence-corrected chi connectivity index (χ4v) is 4.77. The SMILES string of the molecule is C=CC[C@@H]1C(=O)[C@@H]2CC(=O)N3[C@H]1CC[C@]23CCCC. The molecular formula is C16H23NO2. The second kappa shape index (κ2) is 4.46. The lowest BCUT2D eigenvalue weighted by molar-refractivity contribution is -0.141. The molecule has 3 nitrogen and oxygen atoms in total. The van der Waals surface area contributed by atoms with E-state index in [4.69, 9.17) is 0 Å². The highest BCUT2D eigenvalue weighted by Crippen LogP contribution is 2.56. The zero-order chi connectivity index (χ0) is 13.6. The maximum Gasteiger partial charge on any atom is 0.224 e. The van der Waals surface area contributed by atoms with Crippen molar-refractivity contribution in [2.24, 2.45) is 11.8 Å². The highest BCUT2D eigenvalue weighted by Gasteiger charge is 2.66. The molecule has 3 fully saturated rings. The predicted molar refractivity (Wildman–Crippen MR) is 73.5 cm³/mol. The zero-order valence-electron chi connectivity index (χ0n) is 11.7. The molecule has 3 saturated heterocycles. The van der Waals surface area contributed by atoms with E-state index in [1.54, 1.807) is 0 Å². The Morgan fingerprint density at radius 1 is 1.47 bits per heavy atom. The molecule has 0 radical (unpaired) electrons. The highest BCUT2D eigenvalue weighted by molar-refractivity contribution is 5.97. The van der Waals surface area contributed by atoms with Crippen LogP contribution in [0, 0.1) is 11.8 Å². The van der Waals surface area contributed by atoms with Crippen molar-refractivity contribution < 1.29 is 9.59 Å². The van der Waals surface area contributed by atoms with Crippen LogP contribution in [-0.4, -0.2) is 28.2 Å². The van der Waals surface area contributed by atoms with Crippen LogP contribution in [0.5, 0.6) is 0 Å². The molecule has 4 atom stereocenters. The highest BCUT2D eigenvalue weighted by atomic mass is 16.2. The van der Waals surface area contributed by atoms with Crippen LogP contribution >= 0.6 is 0 Å². The summed E-state index contributed by atoms with van der Waals surface area (Å²) < 4.78 is 0. The summed E-state index contributed by atoms with van der Waals surface area (Å²) in [5.41, 5.74) is -0.105. The minimum Gasteiger partial charge on any atom is -0.333 e. The Morgan fingerprint density at radius 3 is 2.95 bits per heavy atom. The Morgan fingerprint density at radius 2 is 2.26 bits per heavy atom. The van der Waals surface area contributed by atoms with Gasteiger partial charge < -0.3 is 4.90 Å². The third kappa shape index (κ3) is 1.56. The number of piperidine rings is 1. The van der Waals surface area contributed by atoms with Gasteiger partial charge in [0.25, 0.3) is 0 Å². The van der Waals surface area contributed by atoms with E-state index in [0.717, 1.165) is 38.5 Å². The number of nitrogens with zero attached hydrogens (tertiary/aromatic N) is 1. The molecule has 0 aromatic heterocycles. The molecule has 19 heavy (non-hydrogen) atoms. The molecule has 0 aliphatic carbocycles. The van der Waals surface area contributed by atoms with Crippen molar-refractivity contribution in [3.63, 3.8) is 0 Å². The molecule has 3 aliphatic rings. The molecular weight excluding hydrogens is 238 g/mol. The molecule has 0 N–H and O–H groups in total. The Kier molecular flexibility index (Phi) is 3.03. The first kappa shape index (κ1) is 12.9. The summed E-state index contributed by atoms with van der Waals surface area (Å²) >= 11 is 0. The molecule has 3 heterocycles. The van der Waals surface area contributed by atoms with Crippen LogP contribution in [-0.2, 0) is 9.59 Å². The van der Waals surface area contributed by atoms with Crippen LogP contribution in [0.15, 0.2) is 12.7 Å². The van der Waals surface area contributed by atoms with Gasteiger partial charge in [-0.2, -0.15) is 0 Å². The van der Waals surface area contributed by atoms with Crippen LogP contribution in [0.3, 0.4) is 0 Å². The van der Waals surface area contributed by atoms with Gasteiger partial charge in [-0.1, -0.05) is 25.8 Å². The Labute approximate surface area is 115 Å². The van der Waals surface area contributed by atoms with Crippen LogP contribution in [0.4, 0.5) is 0 Å². The van der Waals surface area contributed by atoms with Gasteiger partial charge in [-0.05, 0) is 25.7 Å². The van der Waals surface area contributed by atoms with Gasteiger partial charge >= 0.3 is 0 Å². The number of hydrogen-bond acceptors (Lipinski definition) is 2. The summed E-state index contributed by atoms with van der Waals surface area (Å²) in [4.78, 5) is 27.2. The predicted octanol–water partition coefficient (Wildman–Crippen LogP) is 2.70. The first-order chi connectivity index (χ1) is 9.15. The third-order valence-corrected chi connectivity index (χ3v) is 5.54. The molecule has 0 aromatic rings. The maximum atomic E-state index is 12.7. The van der Waals surface area contributed by atoms with Gasteiger partial charge in [-0.15, -0.1) is 6.58 Å². The number of allylic oxidation sites excluding steroid dienone is 1. The second-order valence-corrected chi connectivity index (χ2v) is 6.37. The van der Waals surface area contributed by atoms with E-state index in [0.29, 0.717) is 12.2 Å². The second-order valence-electron chi connectivity index (χ2n) is 6.37. The lowest BCUT2D eigenvalue weighted by atomic mass is 9.72. The van der Waals surface area contributed by atoms with Crippen LogP contribution < -0.4 is 0 Å². The van der Waals surface area contributed by atoms with Gasteiger partial charge in [-0.3, -0.25) is 9.59 Å². The van der Waals surface area contributed by atoms with E-state index >= 15 is 0 Å². The van der Waals surface area contributed by atoms with Crippen molar-refractivity contribution in [1.82, 2.24) is 4.90 Å². The first-order valence-corrected chi connectivity index (χ1v) is 7.62. The van der Waals surface area contributed by atoms with E-state index in [2.05, 4.69) is 18.4 Å². The van der Waals surface area contributed by atoms with Crippen LogP contribution in [0.2, 0.25) is 0 Å². The number of unbranched alkanes of at least 4 members (excludes halogenated alkanes) is 1. The Balaban J connectivity index is 1.97. The third-order valence-electron chi connectivity index (χ3n) is 5.54. The minimum atomic E-state index is -0.105. The number of carbonyl (C=O) groups is 2. The smallest absolute Gasteiger partial charge is 0.224 e. The van der Waals surface area contributed by atoms with Gasteiger partial charge in [0.1, 0.15) is 5.78 Å². The number of hydrogen-bond donors (Lipinski definition) is 0. The van der Waals surface area contributed by atoms with Gasteiger partial charge in [-0.25, -0.2) is 0 Å². The molecule has 1 amide bonds. The van der Waals surface area contributed by atoms with Crippen molar-refractivity contribution in [3.05, 3.63) is 12.7 Å². The fourth-order valence-electron chi connectivity index (χ4n) is 4.77. The molecule has 0 saturated carbocycles. The normalized spacial score (nSPS) is 40.1. The van der Waals surface area contributed by atoms with Crippen LogP contribution in [0.25, 0.3) is 0 Å². The minimum absolute atomic E-state index is 0.0196. The van der Waals surface area contributed by atoms with Crippen molar-refractivity contribution in [1.29, 1.82) is 0 Å². The molecule has 0 unspecified atom stereocenters. The molecule has 0 aromatic carbocycles. The van der Waals surface area contributed by atoms with E-state index in [9.17, 15) is 9.59 Å². The lowest BCUT2D eigenvalue weighted by Crippen LogP contribution is -2.57. The summed E-state index contributed by atoms with van der Waals surface area (Å²) in [6, 6.07) is 0.161. The lowest BCUT2D eigenvalue weighted by Gasteiger charge is -2.45. The van der Waals surface area contributed by atoms with Gasteiger partial charge in [0.15, 0.2) is 0 Å². The summed E-state index contributed by atoms with van der Waals surface area (Å²) in [6.45, 7) is 5.95. The van der Waals surface area contributed by atoms with Gasteiger partial charge in [0, 0.05) is 18.4 Å². The average Bonchev–Trinajstić information content (AvgIpc) is 2.84. The number of ketones is 1. The number of rotatable bonds is 5. The molecule has 4 bridgehead atoms. The Hall–Kier alpha value is -1.12. The van der Waals surface area contributed by atoms with Crippen molar-refractivity contribution >= 4 is 11.7 Å². The molecule has 3 heteroatoms. The van der Waals surface area contributed by atoms with Gasteiger partial charge in [0.2, 0.25) is 5.91 Å². The molecule has 0 spiro atoms. The van der Waals surface area contributed by atoms with Crippen molar-refractivity contribution in [2.75, 3.05) is 0 Å². The fraction of sp³-hybridized carbons (Fsp3) is 0.750. The number of amides is 1. The average molecular weight is 261 g/mol. The van der Waals surface area contributed by atoms with E-state index in [-0.39, 0.29) is 29.3 Å². The summed E-state index contributed by atoms with van der Waals surface area (Å²) in [5.74, 6) is 0.561. The number of carbonyl (C=O) groups excluding carboxylic acids is 2. The zero-order valence-corrected chi connectivity index (χ0v) is 11.7. The topological polar surface area (TPSA) is 37.4 Å². The Bertz CT molecular complexity index is 430. The monoisotopic (exact) mass is 261 g/mol. The van der Waals surface area contributed by atoms with E-state index in [1.165, 1.54) is 0 Å². The summed E-state index contributed by atoms with van der Waals surface area (Å²) in [6.07, 6.45) is 8.34. The van der Waals surface area contributed by atoms with Crippen LogP contribution in [0.1, 0.15) is 51.9 Å².